The van der Waals surface area contributed by atoms with E-state index in [-0.39, 0.29) is 36.9 Å². The van der Waals surface area contributed by atoms with E-state index in [1.165, 1.54) is 0 Å². The van der Waals surface area contributed by atoms with Crippen molar-refractivity contribution in [3.8, 4) is 0 Å². The summed E-state index contributed by atoms with van der Waals surface area (Å²) < 4.78 is 0. The van der Waals surface area contributed by atoms with Crippen molar-refractivity contribution < 1.29 is 14.7 Å². The molecule has 1 aliphatic rings. The van der Waals surface area contributed by atoms with E-state index in [1.807, 2.05) is 61.2 Å². The summed E-state index contributed by atoms with van der Waals surface area (Å²) in [6.45, 7) is 5.00. The van der Waals surface area contributed by atoms with Crippen LogP contribution in [0.4, 0.5) is 0 Å². The third kappa shape index (κ3) is 4.82. The Hall–Kier alpha value is -2.73. The molecule has 0 radical (unpaired) electrons. The van der Waals surface area contributed by atoms with Gasteiger partial charge in [-0.3, -0.25) is 14.6 Å². The summed E-state index contributed by atoms with van der Waals surface area (Å²) in [5.41, 5.74) is 2.89. The largest absolute Gasteiger partial charge is 0.395 e. The molecule has 1 fully saturated rings. The average Bonchev–Trinajstić information content (AvgIpc) is 2.74. The van der Waals surface area contributed by atoms with Crippen LogP contribution in [0.2, 0.25) is 0 Å². The Morgan fingerprint density at radius 1 is 1.24 bits per heavy atom. The van der Waals surface area contributed by atoms with Crippen molar-refractivity contribution >= 4 is 11.8 Å². The maximum Gasteiger partial charge on any atom is 0.228 e. The molecule has 6 nitrogen and oxygen atoms in total. The van der Waals surface area contributed by atoms with Gasteiger partial charge in [0, 0.05) is 25.7 Å². The molecule has 1 N–H and O–H groups in total. The van der Waals surface area contributed by atoms with Crippen molar-refractivity contribution in [1.29, 1.82) is 0 Å². The first-order chi connectivity index (χ1) is 14.0. The minimum absolute atomic E-state index is 0.0405. The topological polar surface area (TPSA) is 73.7 Å². The van der Waals surface area contributed by atoms with E-state index in [1.54, 1.807) is 11.1 Å². The van der Waals surface area contributed by atoms with Gasteiger partial charge in [-0.05, 0) is 38.0 Å². The molecule has 1 aliphatic heterocycles. The van der Waals surface area contributed by atoms with Gasteiger partial charge in [-0.15, -0.1) is 0 Å². The molecule has 0 saturated carbocycles. The normalized spacial score (nSPS) is 19.3. The number of aromatic nitrogens is 1. The van der Waals surface area contributed by atoms with Crippen molar-refractivity contribution in [3.63, 3.8) is 0 Å². The summed E-state index contributed by atoms with van der Waals surface area (Å²) in [5.74, 6) is -0.299. The Bertz CT molecular complexity index is 823. The average molecular weight is 396 g/mol. The Morgan fingerprint density at radius 2 is 2.00 bits per heavy atom. The number of benzene rings is 1. The van der Waals surface area contributed by atoms with Crippen LogP contribution in [-0.2, 0) is 16.1 Å². The second-order valence-electron chi connectivity index (χ2n) is 7.48. The summed E-state index contributed by atoms with van der Waals surface area (Å²) in [6.07, 6.45) is 2.57. The molecule has 2 amide bonds. The third-order valence-corrected chi connectivity index (χ3v) is 5.54. The lowest BCUT2D eigenvalue weighted by Crippen LogP contribution is -2.49. The van der Waals surface area contributed by atoms with Crippen LogP contribution in [0.3, 0.4) is 0 Å². The molecule has 2 heterocycles. The van der Waals surface area contributed by atoms with Gasteiger partial charge in [0.05, 0.1) is 30.8 Å². The Balaban J connectivity index is 1.91. The van der Waals surface area contributed by atoms with Crippen molar-refractivity contribution in [3.05, 3.63) is 65.5 Å². The number of pyridine rings is 1. The number of aryl methyl sites for hydroxylation is 1. The number of carbonyl (C=O) groups is 2. The highest BCUT2D eigenvalue weighted by atomic mass is 16.3. The molecule has 1 aromatic carbocycles. The number of hydrogen-bond acceptors (Lipinski definition) is 4. The molecule has 3 rings (SSSR count). The lowest BCUT2D eigenvalue weighted by molar-refractivity contribution is -0.148. The maximum atomic E-state index is 13.6. The zero-order valence-corrected chi connectivity index (χ0v) is 17.1. The number of nitrogens with zero attached hydrogens (tertiary/aromatic N) is 3. The van der Waals surface area contributed by atoms with E-state index in [9.17, 15) is 14.7 Å². The highest BCUT2D eigenvalue weighted by Crippen LogP contribution is 2.38. The SMILES string of the molecule is CCN1C(=O)CC[C@@H](C(=O)N(CCO)Cc2ccccn2)[C@@H]1c1ccc(C)cc1. The highest BCUT2D eigenvalue weighted by molar-refractivity contribution is 5.85. The molecule has 0 spiro atoms. The van der Waals surface area contributed by atoms with Gasteiger partial charge in [0.1, 0.15) is 0 Å². The summed E-state index contributed by atoms with van der Waals surface area (Å²) >= 11 is 0. The minimum Gasteiger partial charge on any atom is -0.395 e. The standard InChI is InChI=1S/C23H29N3O3/c1-3-26-21(28)12-11-20(22(26)18-9-7-17(2)8-10-18)23(29)25(14-15-27)16-19-6-4-5-13-24-19/h4-10,13,20,22,27H,3,11-12,14-16H2,1-2H3/t20-,22+/m1/s1. The Morgan fingerprint density at radius 3 is 2.62 bits per heavy atom. The van der Waals surface area contributed by atoms with Crippen LogP contribution < -0.4 is 0 Å². The molecule has 0 bridgehead atoms. The predicted octanol–water partition coefficient (Wildman–Crippen LogP) is 2.71. The second kappa shape index (κ2) is 9.65. The number of aliphatic hydroxyl groups excluding tert-OH is 1. The van der Waals surface area contributed by atoms with Gasteiger partial charge in [0.2, 0.25) is 11.8 Å². The molecule has 6 heteroatoms. The zero-order chi connectivity index (χ0) is 20.8. The molecule has 1 aromatic heterocycles. The molecule has 1 saturated heterocycles. The number of hydrogen-bond donors (Lipinski definition) is 1. The van der Waals surface area contributed by atoms with Gasteiger partial charge < -0.3 is 14.9 Å². The van der Waals surface area contributed by atoms with E-state index in [2.05, 4.69) is 4.98 Å². The van der Waals surface area contributed by atoms with Crippen LogP contribution in [0, 0.1) is 12.8 Å². The molecule has 0 aliphatic carbocycles. The first kappa shape index (κ1) is 21.0. The predicted molar refractivity (Wildman–Crippen MR) is 111 cm³/mol. The summed E-state index contributed by atoms with van der Waals surface area (Å²) in [4.78, 5) is 33.9. The van der Waals surface area contributed by atoms with Gasteiger partial charge in [0.25, 0.3) is 0 Å². The number of piperidine rings is 1. The van der Waals surface area contributed by atoms with E-state index in [4.69, 9.17) is 0 Å². The van der Waals surface area contributed by atoms with Crippen molar-refractivity contribution in [2.75, 3.05) is 19.7 Å². The van der Waals surface area contributed by atoms with Crippen molar-refractivity contribution in [1.82, 2.24) is 14.8 Å². The fraction of sp³-hybridized carbons (Fsp3) is 0.435. The number of aliphatic hydroxyl groups is 1. The monoisotopic (exact) mass is 395 g/mol. The molecule has 2 aromatic rings. The van der Waals surface area contributed by atoms with Crippen LogP contribution in [0.15, 0.2) is 48.7 Å². The van der Waals surface area contributed by atoms with Crippen molar-refractivity contribution in [2.24, 2.45) is 5.92 Å². The van der Waals surface area contributed by atoms with E-state index in [0.717, 1.165) is 16.8 Å². The van der Waals surface area contributed by atoms with Crippen LogP contribution in [0.25, 0.3) is 0 Å². The molecule has 2 atom stereocenters. The quantitative estimate of drug-likeness (QED) is 0.782. The summed E-state index contributed by atoms with van der Waals surface area (Å²) in [5, 5.41) is 9.54. The van der Waals surface area contributed by atoms with E-state index < -0.39 is 0 Å². The number of carbonyl (C=O) groups excluding carboxylic acids is 2. The van der Waals surface area contributed by atoms with Gasteiger partial charge in [0.15, 0.2) is 0 Å². The highest BCUT2D eigenvalue weighted by Gasteiger charge is 2.41. The number of amides is 2. The lowest BCUT2D eigenvalue weighted by Gasteiger charge is -2.42. The first-order valence-corrected chi connectivity index (χ1v) is 10.2. The second-order valence-corrected chi connectivity index (χ2v) is 7.48. The van der Waals surface area contributed by atoms with E-state index >= 15 is 0 Å². The van der Waals surface area contributed by atoms with Crippen LogP contribution >= 0.6 is 0 Å². The first-order valence-electron chi connectivity index (χ1n) is 10.2. The van der Waals surface area contributed by atoms with Crippen LogP contribution in [0.1, 0.15) is 42.6 Å². The number of rotatable bonds is 7. The molecular formula is C23H29N3O3. The molecule has 154 valence electrons. The minimum atomic E-state index is -0.342. The van der Waals surface area contributed by atoms with Crippen molar-refractivity contribution in [2.45, 2.75) is 39.3 Å². The fourth-order valence-corrected chi connectivity index (χ4v) is 4.07. The molecule has 29 heavy (non-hydrogen) atoms. The van der Waals surface area contributed by atoms with Gasteiger partial charge >= 0.3 is 0 Å². The third-order valence-electron chi connectivity index (χ3n) is 5.54. The van der Waals surface area contributed by atoms with Gasteiger partial charge in [-0.2, -0.15) is 0 Å². The Kier molecular flexibility index (Phi) is 6.99. The lowest BCUT2D eigenvalue weighted by atomic mass is 9.83. The summed E-state index contributed by atoms with van der Waals surface area (Å²) in [6, 6.07) is 13.4. The van der Waals surface area contributed by atoms with Gasteiger partial charge in [-0.1, -0.05) is 35.9 Å². The molecule has 0 unspecified atom stereocenters. The van der Waals surface area contributed by atoms with Crippen LogP contribution in [-0.4, -0.2) is 51.4 Å². The fourth-order valence-electron chi connectivity index (χ4n) is 4.07. The van der Waals surface area contributed by atoms with Gasteiger partial charge in [-0.25, -0.2) is 0 Å². The smallest absolute Gasteiger partial charge is 0.228 e. The van der Waals surface area contributed by atoms with E-state index in [0.29, 0.717) is 25.9 Å². The summed E-state index contributed by atoms with van der Waals surface area (Å²) in [7, 11) is 0. The Labute approximate surface area is 172 Å². The zero-order valence-electron chi connectivity index (χ0n) is 17.1. The number of likely N-dealkylation sites (tertiary alicyclic amines) is 1. The van der Waals surface area contributed by atoms with Crippen LogP contribution in [0.5, 0.6) is 0 Å². The molecular weight excluding hydrogens is 366 g/mol. The maximum absolute atomic E-state index is 13.6.